The molecule has 3 aromatic heterocycles. The molecule has 0 bridgehead atoms. The standard InChI is InChI=1S/C31H32ClFN8O5/c1-39-18-22(14-25(39)30(44)34-7-8-41-9-11-46-12-10-41)37-31(45)26-15-21(17-40(26)2)36-28(42)19-3-6-27(35-16-19)38-29(43)23-5-4-20(32)13-24(23)33/h3-6,13-18H,7-12H2,1-2H3,(H,34,44)(H,36,42)(H,37,45)(H,35,38,43). The molecule has 4 heterocycles. The summed E-state index contributed by atoms with van der Waals surface area (Å²) < 4.78 is 22.6. The SMILES string of the molecule is Cn1cc(NC(=O)c2cc(NC(=O)c3ccc(NC(=O)c4ccc(Cl)cc4F)nc3)cn2C)cc1C(=O)NCCN1CCOCC1. The molecule has 240 valence electrons. The lowest BCUT2D eigenvalue weighted by Gasteiger charge is -2.26. The summed E-state index contributed by atoms with van der Waals surface area (Å²) in [6.07, 6.45) is 4.48. The van der Waals surface area contributed by atoms with Gasteiger partial charge >= 0.3 is 0 Å². The van der Waals surface area contributed by atoms with Crippen LogP contribution in [-0.2, 0) is 18.8 Å². The molecule has 1 fully saturated rings. The zero-order valence-electron chi connectivity index (χ0n) is 25.1. The van der Waals surface area contributed by atoms with E-state index in [0.29, 0.717) is 36.8 Å². The Kier molecular flexibility index (Phi) is 10.1. The Morgan fingerprint density at radius 1 is 0.848 bits per heavy atom. The van der Waals surface area contributed by atoms with E-state index in [-0.39, 0.29) is 33.6 Å². The fourth-order valence-electron chi connectivity index (χ4n) is 4.82. The first-order valence-electron chi connectivity index (χ1n) is 14.3. The zero-order valence-corrected chi connectivity index (χ0v) is 25.9. The van der Waals surface area contributed by atoms with Gasteiger partial charge in [0.2, 0.25) is 0 Å². The Bertz CT molecular complexity index is 1760. The molecule has 0 aliphatic carbocycles. The fraction of sp³-hybridized carbons (Fsp3) is 0.258. The molecule has 4 N–H and O–H groups in total. The number of ether oxygens (including phenoxy) is 1. The molecule has 15 heteroatoms. The van der Waals surface area contributed by atoms with Crippen LogP contribution in [0.1, 0.15) is 41.7 Å². The van der Waals surface area contributed by atoms with Crippen molar-refractivity contribution in [2.45, 2.75) is 0 Å². The quantitative estimate of drug-likeness (QED) is 0.205. The van der Waals surface area contributed by atoms with E-state index in [9.17, 15) is 23.6 Å². The topological polar surface area (TPSA) is 152 Å². The highest BCUT2D eigenvalue weighted by Gasteiger charge is 2.19. The summed E-state index contributed by atoms with van der Waals surface area (Å²) in [4.78, 5) is 57.3. The van der Waals surface area contributed by atoms with Crippen LogP contribution in [0.15, 0.2) is 61.1 Å². The van der Waals surface area contributed by atoms with E-state index in [1.54, 1.807) is 41.7 Å². The highest BCUT2D eigenvalue weighted by Crippen LogP contribution is 2.19. The van der Waals surface area contributed by atoms with Gasteiger partial charge in [0, 0.05) is 63.9 Å². The predicted molar refractivity (Wildman–Crippen MR) is 170 cm³/mol. The van der Waals surface area contributed by atoms with E-state index in [1.165, 1.54) is 36.5 Å². The molecule has 0 unspecified atom stereocenters. The lowest BCUT2D eigenvalue weighted by atomic mass is 10.2. The summed E-state index contributed by atoms with van der Waals surface area (Å²) in [7, 11) is 3.38. The summed E-state index contributed by atoms with van der Waals surface area (Å²) in [6.45, 7) is 4.27. The Morgan fingerprint density at radius 3 is 2.13 bits per heavy atom. The van der Waals surface area contributed by atoms with Crippen LogP contribution in [0.2, 0.25) is 5.02 Å². The second-order valence-electron chi connectivity index (χ2n) is 10.6. The van der Waals surface area contributed by atoms with Gasteiger partial charge in [-0.25, -0.2) is 9.37 Å². The Balaban J connectivity index is 1.14. The van der Waals surface area contributed by atoms with E-state index < -0.39 is 23.5 Å². The van der Waals surface area contributed by atoms with Gasteiger partial charge in [-0.1, -0.05) is 11.6 Å². The molecular formula is C31H32ClFN8O5. The molecule has 0 spiro atoms. The zero-order chi connectivity index (χ0) is 32.8. The number of anilines is 3. The molecule has 1 aromatic carbocycles. The third kappa shape index (κ3) is 7.96. The number of hydrogen-bond acceptors (Lipinski definition) is 7. The molecule has 0 saturated carbocycles. The lowest BCUT2D eigenvalue weighted by Crippen LogP contribution is -2.41. The van der Waals surface area contributed by atoms with Gasteiger partial charge in [0.15, 0.2) is 0 Å². The number of aryl methyl sites for hydroxylation is 2. The normalized spacial score (nSPS) is 13.2. The van der Waals surface area contributed by atoms with Crippen LogP contribution >= 0.6 is 11.6 Å². The number of hydrogen-bond donors (Lipinski definition) is 4. The molecular weight excluding hydrogens is 619 g/mol. The number of halogens is 2. The largest absolute Gasteiger partial charge is 0.379 e. The predicted octanol–water partition coefficient (Wildman–Crippen LogP) is 3.37. The van der Waals surface area contributed by atoms with Crippen molar-refractivity contribution >= 4 is 52.4 Å². The van der Waals surface area contributed by atoms with Crippen LogP contribution in [0.3, 0.4) is 0 Å². The molecule has 13 nitrogen and oxygen atoms in total. The number of rotatable bonds is 10. The molecule has 1 aliphatic heterocycles. The Hall–Kier alpha value is -5.05. The number of pyridine rings is 1. The van der Waals surface area contributed by atoms with Gasteiger partial charge in [-0.05, 0) is 42.5 Å². The first-order chi connectivity index (χ1) is 22.1. The minimum absolute atomic E-state index is 0.115. The van der Waals surface area contributed by atoms with Gasteiger partial charge in [0.25, 0.3) is 23.6 Å². The third-order valence-electron chi connectivity index (χ3n) is 7.25. The molecule has 1 aliphatic rings. The minimum atomic E-state index is -0.775. The second-order valence-corrected chi connectivity index (χ2v) is 11.0. The second kappa shape index (κ2) is 14.4. The van der Waals surface area contributed by atoms with Crippen molar-refractivity contribution < 1.29 is 28.3 Å². The minimum Gasteiger partial charge on any atom is -0.379 e. The van der Waals surface area contributed by atoms with Gasteiger partial charge in [-0.15, -0.1) is 0 Å². The Morgan fingerprint density at radius 2 is 1.50 bits per heavy atom. The van der Waals surface area contributed by atoms with Crippen LogP contribution in [0.4, 0.5) is 21.6 Å². The maximum Gasteiger partial charge on any atom is 0.272 e. The number of amides is 4. The van der Waals surface area contributed by atoms with Crippen LogP contribution < -0.4 is 21.3 Å². The van der Waals surface area contributed by atoms with Gasteiger partial charge < -0.3 is 35.1 Å². The first kappa shape index (κ1) is 32.3. The summed E-state index contributed by atoms with van der Waals surface area (Å²) >= 11 is 5.73. The van der Waals surface area contributed by atoms with Crippen molar-refractivity contribution in [3.63, 3.8) is 0 Å². The highest BCUT2D eigenvalue weighted by molar-refractivity contribution is 6.30. The number of aromatic nitrogens is 3. The number of morpholine rings is 1. The summed E-state index contributed by atoms with van der Waals surface area (Å²) in [5.74, 6) is -2.57. The van der Waals surface area contributed by atoms with E-state index in [0.717, 1.165) is 25.7 Å². The lowest BCUT2D eigenvalue weighted by molar-refractivity contribution is 0.0383. The molecule has 4 amide bonds. The van der Waals surface area contributed by atoms with Crippen LogP contribution in [0.5, 0.6) is 0 Å². The average Bonchev–Trinajstić information content (AvgIpc) is 3.58. The maximum absolute atomic E-state index is 14.0. The van der Waals surface area contributed by atoms with Crippen LogP contribution in [-0.4, -0.2) is 82.0 Å². The van der Waals surface area contributed by atoms with Crippen molar-refractivity contribution in [2.75, 3.05) is 55.3 Å². The van der Waals surface area contributed by atoms with Crippen LogP contribution in [0.25, 0.3) is 0 Å². The van der Waals surface area contributed by atoms with Crippen molar-refractivity contribution in [3.8, 4) is 0 Å². The summed E-state index contributed by atoms with van der Waals surface area (Å²) in [5.41, 5.74) is 1.45. The number of nitrogens with one attached hydrogen (secondary N) is 4. The van der Waals surface area contributed by atoms with E-state index in [1.807, 2.05) is 0 Å². The summed E-state index contributed by atoms with van der Waals surface area (Å²) in [5, 5.41) is 11.0. The number of carbonyl (C=O) groups is 4. The molecule has 0 atom stereocenters. The van der Waals surface area contributed by atoms with Crippen LogP contribution in [0, 0.1) is 5.82 Å². The van der Waals surface area contributed by atoms with E-state index in [2.05, 4.69) is 31.2 Å². The van der Waals surface area contributed by atoms with Gasteiger partial charge in [0.05, 0.1) is 35.7 Å². The van der Waals surface area contributed by atoms with Gasteiger partial charge in [-0.2, -0.15) is 0 Å². The first-order valence-corrected chi connectivity index (χ1v) is 14.7. The molecule has 46 heavy (non-hydrogen) atoms. The van der Waals surface area contributed by atoms with Gasteiger partial charge in [0.1, 0.15) is 23.0 Å². The van der Waals surface area contributed by atoms with E-state index in [4.69, 9.17) is 16.3 Å². The number of benzene rings is 1. The average molecular weight is 651 g/mol. The monoisotopic (exact) mass is 650 g/mol. The smallest absolute Gasteiger partial charge is 0.272 e. The van der Waals surface area contributed by atoms with Crippen molar-refractivity contribution in [1.29, 1.82) is 0 Å². The highest BCUT2D eigenvalue weighted by atomic mass is 35.5. The van der Waals surface area contributed by atoms with Crippen molar-refractivity contribution in [1.82, 2.24) is 24.3 Å². The number of nitrogens with zero attached hydrogens (tertiary/aromatic N) is 4. The molecule has 0 radical (unpaired) electrons. The fourth-order valence-corrected chi connectivity index (χ4v) is 4.98. The van der Waals surface area contributed by atoms with Crippen molar-refractivity contribution in [2.24, 2.45) is 14.1 Å². The maximum atomic E-state index is 14.0. The molecule has 4 aromatic rings. The Labute approximate surface area is 268 Å². The van der Waals surface area contributed by atoms with Crippen molar-refractivity contribution in [3.05, 3.63) is 94.4 Å². The third-order valence-corrected chi connectivity index (χ3v) is 7.49. The molecule has 1 saturated heterocycles. The van der Waals surface area contributed by atoms with E-state index >= 15 is 0 Å². The summed E-state index contributed by atoms with van der Waals surface area (Å²) in [6, 6.07) is 9.64. The van der Waals surface area contributed by atoms with Gasteiger partial charge in [-0.3, -0.25) is 24.1 Å². The number of carbonyl (C=O) groups excluding carboxylic acids is 4. The molecule has 5 rings (SSSR count).